The summed E-state index contributed by atoms with van der Waals surface area (Å²) < 4.78 is 0. The van der Waals surface area contributed by atoms with Gasteiger partial charge in [-0.15, -0.1) is 0 Å². The second kappa shape index (κ2) is 7.43. The summed E-state index contributed by atoms with van der Waals surface area (Å²) in [4.78, 5) is 27.4. The summed E-state index contributed by atoms with van der Waals surface area (Å²) in [5, 5.41) is 0. The van der Waals surface area contributed by atoms with E-state index in [1.165, 1.54) is 0 Å². The second-order valence-corrected chi connectivity index (χ2v) is 5.69. The van der Waals surface area contributed by atoms with Crippen LogP contribution in [0.25, 0.3) is 0 Å². The molecular weight excluding hydrogens is 262 g/mol. The number of carbonyl (C=O) groups is 2. The molecule has 19 heavy (non-hydrogen) atoms. The number of rotatable bonds is 7. The maximum atomic E-state index is 12.0. The summed E-state index contributed by atoms with van der Waals surface area (Å²) in [5.41, 5.74) is 5.41. The van der Waals surface area contributed by atoms with E-state index in [0.29, 0.717) is 36.8 Å². The number of thiocarbonyl (C=S) groups is 1. The molecule has 2 amide bonds. The fourth-order valence-electron chi connectivity index (χ4n) is 2.29. The van der Waals surface area contributed by atoms with Gasteiger partial charge in [-0.05, 0) is 12.3 Å². The van der Waals surface area contributed by atoms with Crippen molar-refractivity contribution >= 4 is 29.0 Å². The topological polar surface area (TPSA) is 66.6 Å². The normalized spacial score (nSPS) is 18.7. The molecule has 1 rings (SSSR count). The molecule has 108 valence electrons. The van der Waals surface area contributed by atoms with Crippen molar-refractivity contribution in [3.8, 4) is 0 Å². The predicted molar refractivity (Wildman–Crippen MR) is 78.6 cm³/mol. The van der Waals surface area contributed by atoms with Crippen LogP contribution in [0.4, 0.5) is 0 Å². The van der Waals surface area contributed by atoms with E-state index in [-0.39, 0.29) is 18.4 Å². The Morgan fingerprint density at radius 1 is 1.58 bits per heavy atom. The van der Waals surface area contributed by atoms with Crippen molar-refractivity contribution in [1.82, 2.24) is 9.80 Å². The molecule has 0 aromatic rings. The fraction of sp³-hybridized carbons (Fsp3) is 0.769. The van der Waals surface area contributed by atoms with Gasteiger partial charge < -0.3 is 15.5 Å². The molecule has 1 atom stereocenters. The number of carbonyl (C=O) groups excluding carboxylic acids is 2. The van der Waals surface area contributed by atoms with Crippen LogP contribution in [0.2, 0.25) is 0 Å². The van der Waals surface area contributed by atoms with Crippen LogP contribution < -0.4 is 5.73 Å². The van der Waals surface area contributed by atoms with Crippen LogP contribution in [-0.2, 0) is 9.59 Å². The van der Waals surface area contributed by atoms with Crippen molar-refractivity contribution in [2.24, 2.45) is 11.7 Å². The Labute approximate surface area is 120 Å². The van der Waals surface area contributed by atoms with Gasteiger partial charge in [-0.3, -0.25) is 9.59 Å². The van der Waals surface area contributed by atoms with Crippen molar-refractivity contribution in [3.63, 3.8) is 0 Å². The zero-order chi connectivity index (χ0) is 14.4. The van der Waals surface area contributed by atoms with Gasteiger partial charge in [0, 0.05) is 33.0 Å². The first kappa shape index (κ1) is 15.9. The van der Waals surface area contributed by atoms with Crippen molar-refractivity contribution in [1.29, 1.82) is 0 Å². The Kier molecular flexibility index (Phi) is 6.21. The van der Waals surface area contributed by atoms with Crippen molar-refractivity contribution in [2.45, 2.75) is 32.6 Å². The summed E-state index contributed by atoms with van der Waals surface area (Å²) in [6, 6.07) is 0. The number of nitrogens with zero attached hydrogens (tertiary/aromatic N) is 2. The number of likely N-dealkylation sites (tertiary alicyclic amines) is 1. The maximum absolute atomic E-state index is 12.0. The van der Waals surface area contributed by atoms with E-state index in [9.17, 15) is 9.59 Å². The standard InChI is InChI=1S/C13H23N3O2S/c1-3-4-10-7-12(17)16(8-10)9-13(18)15(2)6-5-11(14)19/h10H,3-9H2,1-2H3,(H2,14,19). The summed E-state index contributed by atoms with van der Waals surface area (Å²) >= 11 is 4.78. The Morgan fingerprint density at radius 3 is 2.84 bits per heavy atom. The predicted octanol–water partition coefficient (Wildman–Crippen LogP) is 0.770. The monoisotopic (exact) mass is 285 g/mol. The Balaban J connectivity index is 2.39. The van der Waals surface area contributed by atoms with Crippen LogP contribution in [0.5, 0.6) is 0 Å². The van der Waals surface area contributed by atoms with Gasteiger partial charge >= 0.3 is 0 Å². The highest BCUT2D eigenvalue weighted by atomic mass is 32.1. The largest absolute Gasteiger partial charge is 0.393 e. The van der Waals surface area contributed by atoms with E-state index < -0.39 is 0 Å². The van der Waals surface area contributed by atoms with Crippen molar-refractivity contribution in [2.75, 3.05) is 26.7 Å². The zero-order valence-corrected chi connectivity index (χ0v) is 12.5. The van der Waals surface area contributed by atoms with Gasteiger partial charge in [0.2, 0.25) is 11.8 Å². The minimum absolute atomic E-state index is 0.0539. The van der Waals surface area contributed by atoms with E-state index in [2.05, 4.69) is 6.92 Å². The smallest absolute Gasteiger partial charge is 0.241 e. The molecule has 2 N–H and O–H groups in total. The molecule has 1 saturated heterocycles. The molecule has 1 aliphatic heterocycles. The van der Waals surface area contributed by atoms with Crippen LogP contribution in [0.3, 0.4) is 0 Å². The van der Waals surface area contributed by atoms with Crippen LogP contribution in [-0.4, -0.2) is 53.3 Å². The van der Waals surface area contributed by atoms with Gasteiger partial charge in [0.25, 0.3) is 0 Å². The number of nitrogens with two attached hydrogens (primary N) is 1. The lowest BCUT2D eigenvalue weighted by molar-refractivity contribution is -0.137. The third-order valence-electron chi connectivity index (χ3n) is 3.44. The Morgan fingerprint density at radius 2 is 2.26 bits per heavy atom. The number of amides is 2. The lowest BCUT2D eigenvalue weighted by atomic mass is 10.0. The van der Waals surface area contributed by atoms with Gasteiger partial charge in [0.05, 0.1) is 11.5 Å². The van der Waals surface area contributed by atoms with Gasteiger partial charge in [0.15, 0.2) is 0 Å². The minimum Gasteiger partial charge on any atom is -0.393 e. The lowest BCUT2D eigenvalue weighted by Crippen LogP contribution is -2.40. The molecule has 1 unspecified atom stereocenters. The molecule has 0 spiro atoms. The molecule has 0 aromatic heterocycles. The minimum atomic E-state index is -0.0539. The molecule has 0 aliphatic carbocycles. The number of hydrogen-bond acceptors (Lipinski definition) is 3. The summed E-state index contributed by atoms with van der Waals surface area (Å²) in [7, 11) is 1.71. The zero-order valence-electron chi connectivity index (χ0n) is 11.7. The van der Waals surface area contributed by atoms with Crippen molar-refractivity contribution in [3.05, 3.63) is 0 Å². The molecule has 0 aromatic carbocycles. The van der Waals surface area contributed by atoms with Crippen molar-refractivity contribution < 1.29 is 9.59 Å². The van der Waals surface area contributed by atoms with Crippen LogP contribution in [0.1, 0.15) is 32.6 Å². The average Bonchev–Trinajstić information content (AvgIpc) is 2.67. The third kappa shape index (κ3) is 5.14. The molecule has 1 fully saturated rings. The highest BCUT2D eigenvalue weighted by molar-refractivity contribution is 7.80. The molecule has 5 nitrogen and oxygen atoms in total. The van der Waals surface area contributed by atoms with Gasteiger partial charge in [-0.1, -0.05) is 25.6 Å². The second-order valence-electron chi connectivity index (χ2n) is 5.16. The average molecular weight is 285 g/mol. The van der Waals surface area contributed by atoms with Crippen LogP contribution in [0.15, 0.2) is 0 Å². The van der Waals surface area contributed by atoms with E-state index in [1.807, 2.05) is 0 Å². The van der Waals surface area contributed by atoms with E-state index in [1.54, 1.807) is 16.8 Å². The van der Waals surface area contributed by atoms with Crippen LogP contribution >= 0.6 is 12.2 Å². The first-order chi connectivity index (χ1) is 8.93. The highest BCUT2D eigenvalue weighted by Crippen LogP contribution is 2.21. The third-order valence-corrected chi connectivity index (χ3v) is 3.64. The van der Waals surface area contributed by atoms with E-state index in [4.69, 9.17) is 18.0 Å². The number of likely N-dealkylation sites (N-methyl/N-ethyl adjacent to an activating group) is 1. The van der Waals surface area contributed by atoms with Gasteiger partial charge in [-0.25, -0.2) is 0 Å². The Hall–Kier alpha value is -1.17. The number of hydrogen-bond donors (Lipinski definition) is 1. The highest BCUT2D eigenvalue weighted by Gasteiger charge is 2.30. The van der Waals surface area contributed by atoms with Crippen LogP contribution in [0, 0.1) is 5.92 Å². The molecule has 0 radical (unpaired) electrons. The maximum Gasteiger partial charge on any atom is 0.241 e. The molecule has 1 aliphatic rings. The first-order valence-electron chi connectivity index (χ1n) is 6.74. The summed E-state index contributed by atoms with van der Waals surface area (Å²) in [6.45, 7) is 3.50. The lowest BCUT2D eigenvalue weighted by Gasteiger charge is -2.21. The van der Waals surface area contributed by atoms with Gasteiger partial charge in [0.1, 0.15) is 0 Å². The molecule has 1 heterocycles. The summed E-state index contributed by atoms with van der Waals surface area (Å²) in [6.07, 6.45) is 3.23. The van der Waals surface area contributed by atoms with Gasteiger partial charge in [-0.2, -0.15) is 0 Å². The summed E-state index contributed by atoms with van der Waals surface area (Å²) in [5.74, 6) is 0.448. The molecule has 0 bridgehead atoms. The van der Waals surface area contributed by atoms with E-state index >= 15 is 0 Å². The molecular formula is C13H23N3O2S. The fourth-order valence-corrected chi connectivity index (χ4v) is 2.39. The first-order valence-corrected chi connectivity index (χ1v) is 7.14. The van der Waals surface area contributed by atoms with E-state index in [0.717, 1.165) is 12.8 Å². The SMILES string of the molecule is CCCC1CC(=O)N(CC(=O)N(C)CCC(N)=S)C1. The molecule has 0 saturated carbocycles. The molecule has 6 heteroatoms. The Bertz CT molecular complexity index is 360. The quantitative estimate of drug-likeness (QED) is 0.702.